The molecule has 0 radical (unpaired) electrons. The van der Waals surface area contributed by atoms with Gasteiger partial charge in [0.15, 0.2) is 23.3 Å². The first-order valence-electron chi connectivity index (χ1n) is 12.0. The van der Waals surface area contributed by atoms with E-state index in [4.69, 9.17) is 4.74 Å². The van der Waals surface area contributed by atoms with Crippen molar-refractivity contribution >= 4 is 21.7 Å². The molecule has 0 spiro atoms. The molecule has 3 aliphatic heterocycles. The number of nitrogens with zero attached hydrogens (tertiary/aromatic N) is 6. The summed E-state index contributed by atoms with van der Waals surface area (Å²) in [5.41, 5.74) is 0. The number of benzene rings is 1. The summed E-state index contributed by atoms with van der Waals surface area (Å²) < 4.78 is 59.4. The standard InChI is InChI=1S/C23H30F2N6O3S/c24-20-4-3-19(16-21(20)25)35(32,33)31-13-11-30(12-14-31)23-6-5-22(26-27-23)29-9-7-28(8-10-29)17-18-2-1-15-34-18/h3-6,16,18H,1-2,7-15,17H2. The first-order chi connectivity index (χ1) is 16.9. The van der Waals surface area contributed by atoms with E-state index in [2.05, 4.69) is 20.0 Å². The summed E-state index contributed by atoms with van der Waals surface area (Å²) >= 11 is 0. The Hall–Kier alpha value is -2.41. The highest BCUT2D eigenvalue weighted by molar-refractivity contribution is 7.89. The van der Waals surface area contributed by atoms with Crippen molar-refractivity contribution in [2.75, 3.05) is 75.3 Å². The van der Waals surface area contributed by atoms with Gasteiger partial charge < -0.3 is 14.5 Å². The van der Waals surface area contributed by atoms with Gasteiger partial charge in [-0.1, -0.05) is 0 Å². The number of aromatic nitrogens is 2. The van der Waals surface area contributed by atoms with E-state index in [-0.39, 0.29) is 18.0 Å². The van der Waals surface area contributed by atoms with Crippen LogP contribution in [0.2, 0.25) is 0 Å². The van der Waals surface area contributed by atoms with Crippen LogP contribution < -0.4 is 9.80 Å². The fourth-order valence-corrected chi connectivity index (χ4v) is 6.27. The van der Waals surface area contributed by atoms with Crippen LogP contribution in [0, 0.1) is 11.6 Å². The summed E-state index contributed by atoms with van der Waals surface area (Å²) in [6, 6.07) is 6.53. The molecule has 1 aromatic carbocycles. The van der Waals surface area contributed by atoms with Crippen LogP contribution in [0.5, 0.6) is 0 Å². The highest BCUT2D eigenvalue weighted by atomic mass is 32.2. The Morgan fingerprint density at radius 1 is 0.857 bits per heavy atom. The van der Waals surface area contributed by atoms with Gasteiger partial charge in [0, 0.05) is 65.5 Å². The first-order valence-corrected chi connectivity index (χ1v) is 13.5. The first kappa shape index (κ1) is 24.3. The second kappa shape index (κ2) is 10.3. The number of ether oxygens (including phenoxy) is 1. The Morgan fingerprint density at radius 3 is 2.03 bits per heavy atom. The van der Waals surface area contributed by atoms with Gasteiger partial charge in [0.25, 0.3) is 0 Å². The van der Waals surface area contributed by atoms with Crippen molar-refractivity contribution in [1.29, 1.82) is 0 Å². The molecular formula is C23H30F2N6O3S. The smallest absolute Gasteiger partial charge is 0.243 e. The highest BCUT2D eigenvalue weighted by Gasteiger charge is 2.30. The zero-order valence-electron chi connectivity index (χ0n) is 19.5. The Bertz CT molecular complexity index is 1110. The maximum absolute atomic E-state index is 13.5. The third-order valence-electron chi connectivity index (χ3n) is 6.91. The average Bonchev–Trinajstić information content (AvgIpc) is 3.39. The van der Waals surface area contributed by atoms with E-state index in [1.165, 1.54) is 4.31 Å². The fourth-order valence-electron chi connectivity index (χ4n) is 4.84. The van der Waals surface area contributed by atoms with Crippen LogP contribution in [-0.4, -0.2) is 99.4 Å². The van der Waals surface area contributed by atoms with E-state index in [0.29, 0.717) is 25.0 Å². The monoisotopic (exact) mass is 508 g/mol. The van der Waals surface area contributed by atoms with Crippen molar-refractivity contribution in [3.8, 4) is 0 Å². The maximum atomic E-state index is 13.5. The molecule has 3 saturated heterocycles. The molecular weight excluding hydrogens is 478 g/mol. The minimum Gasteiger partial charge on any atom is -0.377 e. The van der Waals surface area contributed by atoms with Gasteiger partial charge in [-0.2, -0.15) is 4.31 Å². The summed E-state index contributed by atoms with van der Waals surface area (Å²) in [5, 5.41) is 8.81. The summed E-state index contributed by atoms with van der Waals surface area (Å²) in [7, 11) is -3.90. The van der Waals surface area contributed by atoms with Crippen LogP contribution in [0.3, 0.4) is 0 Å². The predicted octanol–water partition coefficient (Wildman–Crippen LogP) is 1.57. The highest BCUT2D eigenvalue weighted by Crippen LogP contribution is 2.23. The maximum Gasteiger partial charge on any atom is 0.243 e. The molecule has 1 aromatic heterocycles. The molecule has 1 unspecified atom stereocenters. The van der Waals surface area contributed by atoms with E-state index in [9.17, 15) is 17.2 Å². The normalized spacial score (nSPS) is 22.6. The second-order valence-electron chi connectivity index (χ2n) is 9.14. The van der Waals surface area contributed by atoms with Crippen LogP contribution in [-0.2, 0) is 14.8 Å². The number of rotatable bonds is 6. The van der Waals surface area contributed by atoms with Crippen LogP contribution in [0.4, 0.5) is 20.4 Å². The quantitative estimate of drug-likeness (QED) is 0.582. The molecule has 35 heavy (non-hydrogen) atoms. The topological polar surface area (TPSA) is 82.1 Å². The third-order valence-corrected chi connectivity index (χ3v) is 8.80. The summed E-state index contributed by atoms with van der Waals surface area (Å²) in [4.78, 5) is 6.41. The Labute approximate surface area is 204 Å². The molecule has 12 heteroatoms. The van der Waals surface area contributed by atoms with E-state index in [1.807, 2.05) is 17.0 Å². The SMILES string of the molecule is O=S(=O)(c1ccc(F)c(F)c1)N1CCN(c2ccc(N3CCN(CC4CCCO4)CC3)nn2)CC1. The molecule has 2 aromatic rings. The number of anilines is 2. The van der Waals surface area contributed by atoms with Crippen LogP contribution in [0.1, 0.15) is 12.8 Å². The second-order valence-corrected chi connectivity index (χ2v) is 11.1. The molecule has 5 rings (SSSR count). The summed E-state index contributed by atoms with van der Waals surface area (Å²) in [6.45, 7) is 6.90. The molecule has 4 heterocycles. The van der Waals surface area contributed by atoms with E-state index >= 15 is 0 Å². The van der Waals surface area contributed by atoms with Gasteiger partial charge in [0.05, 0.1) is 11.0 Å². The van der Waals surface area contributed by atoms with Crippen LogP contribution in [0.25, 0.3) is 0 Å². The van der Waals surface area contributed by atoms with Gasteiger partial charge >= 0.3 is 0 Å². The van der Waals surface area contributed by atoms with Crippen molar-refractivity contribution in [2.45, 2.75) is 23.8 Å². The molecule has 1 atom stereocenters. The molecule has 0 amide bonds. The minimum absolute atomic E-state index is 0.220. The zero-order chi connectivity index (χ0) is 24.4. The lowest BCUT2D eigenvalue weighted by atomic mass is 10.2. The zero-order valence-corrected chi connectivity index (χ0v) is 20.3. The lowest BCUT2D eigenvalue weighted by molar-refractivity contribution is 0.0712. The number of hydrogen-bond donors (Lipinski definition) is 0. The van der Waals surface area contributed by atoms with Gasteiger partial charge in [-0.25, -0.2) is 17.2 Å². The Kier molecular flexibility index (Phi) is 7.14. The number of piperazine rings is 2. The predicted molar refractivity (Wildman–Crippen MR) is 127 cm³/mol. The van der Waals surface area contributed by atoms with E-state index < -0.39 is 21.7 Å². The minimum atomic E-state index is -3.90. The lowest BCUT2D eigenvalue weighted by Crippen LogP contribution is -2.49. The molecule has 0 saturated carbocycles. The molecule has 0 aliphatic carbocycles. The Balaban J connectivity index is 1.13. The number of halogens is 2. The van der Waals surface area contributed by atoms with Crippen molar-refractivity contribution in [1.82, 2.24) is 19.4 Å². The largest absolute Gasteiger partial charge is 0.377 e. The van der Waals surface area contributed by atoms with Gasteiger partial charge in [-0.3, -0.25) is 4.90 Å². The van der Waals surface area contributed by atoms with Crippen molar-refractivity contribution in [3.05, 3.63) is 42.0 Å². The molecule has 190 valence electrons. The molecule has 0 N–H and O–H groups in total. The van der Waals surface area contributed by atoms with Gasteiger partial charge in [-0.05, 0) is 43.2 Å². The summed E-state index contributed by atoms with van der Waals surface area (Å²) in [6.07, 6.45) is 2.68. The van der Waals surface area contributed by atoms with Crippen LogP contribution >= 0.6 is 0 Å². The number of sulfonamides is 1. The van der Waals surface area contributed by atoms with Crippen molar-refractivity contribution in [3.63, 3.8) is 0 Å². The number of hydrogen-bond acceptors (Lipinski definition) is 8. The Morgan fingerprint density at radius 2 is 1.49 bits per heavy atom. The van der Waals surface area contributed by atoms with Crippen molar-refractivity contribution < 1.29 is 21.9 Å². The van der Waals surface area contributed by atoms with E-state index in [0.717, 1.165) is 76.2 Å². The molecule has 3 fully saturated rings. The van der Waals surface area contributed by atoms with Crippen LogP contribution in [0.15, 0.2) is 35.2 Å². The third kappa shape index (κ3) is 5.40. The fraction of sp³-hybridized carbons (Fsp3) is 0.565. The van der Waals surface area contributed by atoms with Gasteiger partial charge in [-0.15, -0.1) is 10.2 Å². The average molecular weight is 509 g/mol. The van der Waals surface area contributed by atoms with Crippen molar-refractivity contribution in [2.24, 2.45) is 0 Å². The molecule has 9 nitrogen and oxygen atoms in total. The molecule has 0 bridgehead atoms. The summed E-state index contributed by atoms with van der Waals surface area (Å²) in [5.74, 6) is -0.721. The molecule has 3 aliphatic rings. The van der Waals surface area contributed by atoms with E-state index in [1.54, 1.807) is 0 Å². The van der Waals surface area contributed by atoms with Gasteiger partial charge in [0.2, 0.25) is 10.0 Å². The van der Waals surface area contributed by atoms with Gasteiger partial charge in [0.1, 0.15) is 0 Å². The lowest BCUT2D eigenvalue weighted by Gasteiger charge is -2.36.